The second kappa shape index (κ2) is 5.06. The van der Waals surface area contributed by atoms with Crippen LogP contribution in [-0.2, 0) is 14.3 Å². The Morgan fingerprint density at radius 1 is 1.18 bits per heavy atom. The molecule has 5 heteroatoms. The third-order valence-corrected chi connectivity index (χ3v) is 4.40. The molecule has 0 bridgehead atoms. The van der Waals surface area contributed by atoms with E-state index in [-0.39, 0.29) is 11.5 Å². The summed E-state index contributed by atoms with van der Waals surface area (Å²) >= 11 is 0. The molecule has 0 amide bonds. The number of methoxy groups -OCH3 is 1. The van der Waals surface area contributed by atoms with Gasteiger partial charge in [-0.15, -0.1) is 0 Å². The van der Waals surface area contributed by atoms with Crippen LogP contribution < -0.4 is 4.74 Å². The van der Waals surface area contributed by atoms with Gasteiger partial charge in [0.05, 0.1) is 13.7 Å². The van der Waals surface area contributed by atoms with Crippen molar-refractivity contribution in [2.24, 2.45) is 0 Å². The Bertz CT molecular complexity index is 518. The molecule has 0 saturated carbocycles. The van der Waals surface area contributed by atoms with E-state index in [1.54, 1.807) is 33.9 Å². The van der Waals surface area contributed by atoms with Gasteiger partial charge < -0.3 is 4.74 Å². The van der Waals surface area contributed by atoms with Crippen molar-refractivity contribution in [2.75, 3.05) is 13.7 Å². The highest BCUT2D eigenvalue weighted by molar-refractivity contribution is 7.86. The van der Waals surface area contributed by atoms with Crippen LogP contribution in [0.2, 0.25) is 0 Å². The van der Waals surface area contributed by atoms with E-state index in [1.165, 1.54) is 0 Å². The molecular formula is C12H18O4S. The molecule has 0 N–H and O–H groups in total. The van der Waals surface area contributed by atoms with Crippen LogP contribution in [0, 0.1) is 20.8 Å². The minimum Gasteiger partial charge on any atom is -0.496 e. The fourth-order valence-corrected chi connectivity index (χ4v) is 3.24. The number of ether oxygens (including phenoxy) is 1. The molecular weight excluding hydrogens is 240 g/mol. The Balaban J connectivity index is 3.51. The molecule has 0 unspecified atom stereocenters. The van der Waals surface area contributed by atoms with Crippen molar-refractivity contribution in [3.05, 3.63) is 22.8 Å². The molecule has 0 aliphatic carbocycles. The molecule has 17 heavy (non-hydrogen) atoms. The van der Waals surface area contributed by atoms with E-state index in [4.69, 9.17) is 8.92 Å². The fourth-order valence-electron chi connectivity index (χ4n) is 1.83. The summed E-state index contributed by atoms with van der Waals surface area (Å²) < 4.78 is 34.0. The molecule has 0 spiro atoms. The van der Waals surface area contributed by atoms with Crippen LogP contribution in [0.1, 0.15) is 23.6 Å². The minimum absolute atomic E-state index is 0.131. The molecule has 4 nitrogen and oxygen atoms in total. The maximum Gasteiger partial charge on any atom is 0.297 e. The van der Waals surface area contributed by atoms with E-state index < -0.39 is 10.1 Å². The van der Waals surface area contributed by atoms with Crippen molar-refractivity contribution >= 4 is 10.1 Å². The lowest BCUT2D eigenvalue weighted by Crippen LogP contribution is -2.11. The average Bonchev–Trinajstić information content (AvgIpc) is 2.23. The van der Waals surface area contributed by atoms with Crippen molar-refractivity contribution in [3.63, 3.8) is 0 Å². The third-order valence-electron chi connectivity index (χ3n) is 2.72. The van der Waals surface area contributed by atoms with Crippen molar-refractivity contribution in [1.82, 2.24) is 0 Å². The quantitative estimate of drug-likeness (QED) is 0.778. The second-order valence-corrected chi connectivity index (χ2v) is 5.39. The number of rotatable bonds is 4. The predicted octanol–water partition coefficient (Wildman–Crippen LogP) is 2.35. The van der Waals surface area contributed by atoms with Gasteiger partial charge in [0, 0.05) is 0 Å². The summed E-state index contributed by atoms with van der Waals surface area (Å²) in [7, 11) is -2.11. The Morgan fingerprint density at radius 2 is 1.76 bits per heavy atom. The number of benzene rings is 1. The highest BCUT2D eigenvalue weighted by atomic mass is 32.2. The van der Waals surface area contributed by atoms with Gasteiger partial charge in [0.15, 0.2) is 0 Å². The molecule has 96 valence electrons. The van der Waals surface area contributed by atoms with E-state index in [9.17, 15) is 8.42 Å². The van der Waals surface area contributed by atoms with E-state index in [2.05, 4.69) is 0 Å². The Labute approximate surface area is 103 Å². The van der Waals surface area contributed by atoms with Crippen LogP contribution in [0.15, 0.2) is 11.0 Å². The van der Waals surface area contributed by atoms with Crippen LogP contribution >= 0.6 is 0 Å². The summed E-state index contributed by atoms with van der Waals surface area (Å²) in [4.78, 5) is 0.248. The summed E-state index contributed by atoms with van der Waals surface area (Å²) in [5.74, 6) is 0.690. The molecule has 0 saturated heterocycles. The number of aryl methyl sites for hydroxylation is 1. The van der Waals surface area contributed by atoms with Crippen LogP contribution in [0.5, 0.6) is 5.75 Å². The van der Waals surface area contributed by atoms with Gasteiger partial charge in [-0.25, -0.2) is 0 Å². The van der Waals surface area contributed by atoms with Gasteiger partial charge in [-0.1, -0.05) is 0 Å². The van der Waals surface area contributed by atoms with Crippen LogP contribution in [0.4, 0.5) is 0 Å². The summed E-state index contributed by atoms with van der Waals surface area (Å²) in [5.41, 5.74) is 2.13. The van der Waals surface area contributed by atoms with Gasteiger partial charge in [-0.05, 0) is 50.5 Å². The van der Waals surface area contributed by atoms with E-state index >= 15 is 0 Å². The zero-order chi connectivity index (χ0) is 13.2. The van der Waals surface area contributed by atoms with Gasteiger partial charge in [0.25, 0.3) is 10.1 Å². The lowest BCUT2D eigenvalue weighted by molar-refractivity contribution is 0.337. The van der Waals surface area contributed by atoms with Crippen molar-refractivity contribution in [3.8, 4) is 5.75 Å². The van der Waals surface area contributed by atoms with Crippen molar-refractivity contribution < 1.29 is 17.3 Å². The molecule has 1 aromatic carbocycles. The molecule has 0 aromatic heterocycles. The third kappa shape index (κ3) is 2.61. The second-order valence-electron chi connectivity index (χ2n) is 3.84. The number of hydrogen-bond acceptors (Lipinski definition) is 4. The zero-order valence-electron chi connectivity index (χ0n) is 10.8. The van der Waals surface area contributed by atoms with Gasteiger partial charge in [-0.3, -0.25) is 4.18 Å². The van der Waals surface area contributed by atoms with Crippen molar-refractivity contribution in [2.45, 2.75) is 32.6 Å². The monoisotopic (exact) mass is 258 g/mol. The standard InChI is InChI=1S/C12H18O4S/c1-6-16-17(13,14)12-8(2)7-11(15-5)9(3)10(12)4/h7H,6H2,1-5H3. The zero-order valence-corrected chi connectivity index (χ0v) is 11.6. The molecule has 1 rings (SSSR count). The van der Waals surface area contributed by atoms with E-state index in [0.29, 0.717) is 16.9 Å². The Hall–Kier alpha value is -1.07. The summed E-state index contributed by atoms with van der Waals surface area (Å²) in [5, 5.41) is 0. The first-order chi connectivity index (χ1) is 7.85. The molecule has 1 aromatic rings. The lowest BCUT2D eigenvalue weighted by atomic mass is 10.1. The molecule has 0 radical (unpaired) electrons. The Morgan fingerprint density at radius 3 is 2.24 bits per heavy atom. The summed E-state index contributed by atoms with van der Waals surface area (Å²) in [6.45, 7) is 7.11. The smallest absolute Gasteiger partial charge is 0.297 e. The predicted molar refractivity (Wildman–Crippen MR) is 66.0 cm³/mol. The highest BCUT2D eigenvalue weighted by Gasteiger charge is 2.22. The first kappa shape index (κ1) is 14.0. The summed E-state index contributed by atoms with van der Waals surface area (Å²) in [6, 6.07) is 1.72. The summed E-state index contributed by atoms with van der Waals surface area (Å²) in [6.07, 6.45) is 0. The molecule has 0 fully saturated rings. The molecule has 0 atom stereocenters. The van der Waals surface area contributed by atoms with Gasteiger partial charge in [0.1, 0.15) is 10.6 Å². The van der Waals surface area contributed by atoms with E-state index in [1.807, 2.05) is 6.92 Å². The van der Waals surface area contributed by atoms with Crippen LogP contribution in [0.3, 0.4) is 0 Å². The van der Waals surface area contributed by atoms with Gasteiger partial charge in [0.2, 0.25) is 0 Å². The largest absolute Gasteiger partial charge is 0.496 e. The molecule has 0 aliphatic heterocycles. The minimum atomic E-state index is -3.67. The lowest BCUT2D eigenvalue weighted by Gasteiger charge is -2.15. The SMILES string of the molecule is CCOS(=O)(=O)c1c(C)cc(OC)c(C)c1C. The Kier molecular flexibility index (Phi) is 4.16. The van der Waals surface area contributed by atoms with Gasteiger partial charge in [-0.2, -0.15) is 8.42 Å². The van der Waals surface area contributed by atoms with Crippen molar-refractivity contribution in [1.29, 1.82) is 0 Å². The maximum atomic E-state index is 12.0. The highest BCUT2D eigenvalue weighted by Crippen LogP contribution is 2.31. The molecule has 0 heterocycles. The normalized spacial score (nSPS) is 11.6. The van der Waals surface area contributed by atoms with Gasteiger partial charge >= 0.3 is 0 Å². The maximum absolute atomic E-state index is 12.0. The topological polar surface area (TPSA) is 52.6 Å². The van der Waals surface area contributed by atoms with Crippen LogP contribution in [0.25, 0.3) is 0 Å². The van der Waals surface area contributed by atoms with Crippen LogP contribution in [-0.4, -0.2) is 22.1 Å². The first-order valence-corrected chi connectivity index (χ1v) is 6.80. The molecule has 0 aliphatic rings. The number of hydrogen-bond donors (Lipinski definition) is 0. The average molecular weight is 258 g/mol. The fraction of sp³-hybridized carbons (Fsp3) is 0.500. The first-order valence-electron chi connectivity index (χ1n) is 5.39. The van der Waals surface area contributed by atoms with E-state index in [0.717, 1.165) is 5.56 Å².